The Bertz CT molecular complexity index is 820. The van der Waals surface area contributed by atoms with Crippen LogP contribution in [0.3, 0.4) is 0 Å². The number of carbonyl (C=O) groups is 2. The minimum Gasteiger partial charge on any atom is -0.450 e. The minimum absolute atomic E-state index is 0.00751. The van der Waals surface area contributed by atoms with Crippen molar-refractivity contribution in [3.8, 4) is 0 Å². The van der Waals surface area contributed by atoms with E-state index in [1.165, 1.54) is 18.3 Å². The van der Waals surface area contributed by atoms with Crippen molar-refractivity contribution in [2.45, 2.75) is 25.8 Å². The number of anilines is 2. The van der Waals surface area contributed by atoms with Crippen LogP contribution in [0.1, 0.15) is 30.1 Å². The van der Waals surface area contributed by atoms with Crippen molar-refractivity contribution in [3.63, 3.8) is 0 Å². The van der Waals surface area contributed by atoms with E-state index in [2.05, 4.69) is 15.6 Å². The molecule has 3 rings (SSSR count). The molecule has 28 heavy (non-hydrogen) atoms. The van der Waals surface area contributed by atoms with E-state index >= 15 is 0 Å². The lowest BCUT2D eigenvalue weighted by Crippen LogP contribution is -2.46. The van der Waals surface area contributed by atoms with Crippen molar-refractivity contribution in [2.75, 3.05) is 25.0 Å². The second kappa shape index (κ2) is 9.16. The van der Waals surface area contributed by atoms with Crippen molar-refractivity contribution in [3.05, 3.63) is 54.1 Å². The van der Waals surface area contributed by atoms with Gasteiger partial charge < -0.3 is 20.3 Å². The maximum Gasteiger partial charge on any atom is 0.409 e. The number of aromatic nitrogens is 1. The van der Waals surface area contributed by atoms with Gasteiger partial charge in [0.25, 0.3) is 5.91 Å². The van der Waals surface area contributed by atoms with Gasteiger partial charge in [-0.25, -0.2) is 9.18 Å². The van der Waals surface area contributed by atoms with Gasteiger partial charge in [-0.2, -0.15) is 0 Å². The molecule has 7 nitrogen and oxygen atoms in total. The highest BCUT2D eigenvalue weighted by Gasteiger charge is 2.24. The Morgan fingerprint density at radius 2 is 1.89 bits per heavy atom. The predicted octanol–water partition coefficient (Wildman–Crippen LogP) is 3.32. The third-order valence-electron chi connectivity index (χ3n) is 4.49. The molecule has 8 heteroatoms. The standard InChI is InChI=1S/C20H23FN4O3/c1-2-28-20(27)25-9-7-17(8-10-25)24-19(26)14-11-18(13-22-12-14)23-16-5-3-15(21)4-6-16/h3-6,11-13,17,23H,2,7-10H2,1H3,(H,24,26). The van der Waals surface area contributed by atoms with Gasteiger partial charge in [-0.05, 0) is 50.1 Å². The summed E-state index contributed by atoms with van der Waals surface area (Å²) in [5, 5.41) is 6.08. The smallest absolute Gasteiger partial charge is 0.409 e. The minimum atomic E-state index is -0.314. The second-order valence-corrected chi connectivity index (χ2v) is 6.53. The fraction of sp³-hybridized carbons (Fsp3) is 0.350. The van der Waals surface area contributed by atoms with Crippen LogP contribution in [0, 0.1) is 5.82 Å². The SMILES string of the molecule is CCOC(=O)N1CCC(NC(=O)c2cncc(Nc3ccc(F)cc3)c2)CC1. The van der Waals surface area contributed by atoms with E-state index in [0.29, 0.717) is 49.5 Å². The van der Waals surface area contributed by atoms with Crippen LogP contribution in [-0.2, 0) is 4.74 Å². The molecule has 0 saturated carbocycles. The van der Waals surface area contributed by atoms with Gasteiger partial charge in [-0.3, -0.25) is 9.78 Å². The average Bonchev–Trinajstić information content (AvgIpc) is 2.71. The first kappa shape index (κ1) is 19.6. The molecular formula is C20H23FN4O3. The van der Waals surface area contributed by atoms with Gasteiger partial charge in [0.05, 0.1) is 24.1 Å². The van der Waals surface area contributed by atoms with Gasteiger partial charge in [0.1, 0.15) is 5.82 Å². The van der Waals surface area contributed by atoms with Crippen molar-refractivity contribution < 1.29 is 18.7 Å². The van der Waals surface area contributed by atoms with Crippen LogP contribution in [-0.4, -0.2) is 47.6 Å². The monoisotopic (exact) mass is 386 g/mol. The lowest BCUT2D eigenvalue weighted by Gasteiger charge is -2.31. The second-order valence-electron chi connectivity index (χ2n) is 6.53. The van der Waals surface area contributed by atoms with Crippen LogP contribution in [0.15, 0.2) is 42.7 Å². The molecule has 1 saturated heterocycles. The molecule has 2 N–H and O–H groups in total. The summed E-state index contributed by atoms with van der Waals surface area (Å²) in [6, 6.07) is 7.62. The van der Waals surface area contributed by atoms with Gasteiger partial charge in [-0.1, -0.05) is 0 Å². The lowest BCUT2D eigenvalue weighted by atomic mass is 10.0. The summed E-state index contributed by atoms with van der Waals surface area (Å²) in [5.74, 6) is -0.532. The van der Waals surface area contributed by atoms with E-state index in [-0.39, 0.29) is 23.9 Å². The first-order valence-electron chi connectivity index (χ1n) is 9.25. The number of hydrogen-bond donors (Lipinski definition) is 2. The number of amides is 2. The number of carbonyl (C=O) groups excluding carboxylic acids is 2. The highest BCUT2D eigenvalue weighted by Crippen LogP contribution is 2.18. The molecule has 148 valence electrons. The summed E-state index contributed by atoms with van der Waals surface area (Å²) >= 11 is 0. The summed E-state index contributed by atoms with van der Waals surface area (Å²) in [7, 11) is 0. The first-order valence-corrected chi connectivity index (χ1v) is 9.25. The molecule has 0 unspecified atom stereocenters. The Balaban J connectivity index is 1.55. The molecule has 2 heterocycles. The number of rotatable bonds is 5. The molecular weight excluding hydrogens is 363 g/mol. The van der Waals surface area contributed by atoms with E-state index in [9.17, 15) is 14.0 Å². The Morgan fingerprint density at radius 1 is 1.18 bits per heavy atom. The molecule has 1 aromatic carbocycles. The molecule has 0 radical (unpaired) electrons. The van der Waals surface area contributed by atoms with Gasteiger partial charge in [0.2, 0.25) is 0 Å². The topological polar surface area (TPSA) is 83.6 Å². The van der Waals surface area contributed by atoms with Crippen molar-refractivity contribution in [1.29, 1.82) is 0 Å². The van der Waals surface area contributed by atoms with Gasteiger partial charge in [-0.15, -0.1) is 0 Å². The summed E-state index contributed by atoms with van der Waals surface area (Å²) in [6.07, 6.45) is 4.13. The zero-order chi connectivity index (χ0) is 19.9. The molecule has 2 amide bonds. The number of piperidine rings is 1. The van der Waals surface area contributed by atoms with Crippen molar-refractivity contribution in [2.24, 2.45) is 0 Å². The molecule has 0 atom stereocenters. The summed E-state index contributed by atoms with van der Waals surface area (Å²) in [4.78, 5) is 30.0. The highest BCUT2D eigenvalue weighted by molar-refractivity contribution is 5.95. The fourth-order valence-electron chi connectivity index (χ4n) is 3.02. The maximum absolute atomic E-state index is 13.0. The number of ether oxygens (including phenoxy) is 1. The van der Waals surface area contributed by atoms with Crippen LogP contribution >= 0.6 is 0 Å². The maximum atomic E-state index is 13.0. The molecule has 2 aromatic rings. The van der Waals surface area contributed by atoms with Gasteiger partial charge in [0.15, 0.2) is 0 Å². The van der Waals surface area contributed by atoms with E-state index in [1.807, 2.05) is 0 Å². The Kier molecular flexibility index (Phi) is 6.41. The highest BCUT2D eigenvalue weighted by atomic mass is 19.1. The number of pyridine rings is 1. The molecule has 0 spiro atoms. The fourth-order valence-corrected chi connectivity index (χ4v) is 3.02. The molecule has 1 aliphatic rings. The molecule has 1 fully saturated rings. The van der Waals surface area contributed by atoms with Gasteiger partial charge in [0, 0.05) is 31.0 Å². The van der Waals surface area contributed by atoms with Crippen molar-refractivity contribution in [1.82, 2.24) is 15.2 Å². The van der Waals surface area contributed by atoms with Crippen LogP contribution in [0.25, 0.3) is 0 Å². The number of nitrogens with one attached hydrogen (secondary N) is 2. The van der Waals surface area contributed by atoms with Crippen LogP contribution < -0.4 is 10.6 Å². The van der Waals surface area contributed by atoms with Crippen LogP contribution in [0.2, 0.25) is 0 Å². The number of nitrogens with zero attached hydrogens (tertiary/aromatic N) is 2. The number of halogens is 1. The summed E-state index contributed by atoms with van der Waals surface area (Å²) in [5.41, 5.74) is 1.77. The normalized spacial score (nSPS) is 14.4. The zero-order valence-corrected chi connectivity index (χ0v) is 15.7. The largest absolute Gasteiger partial charge is 0.450 e. The molecule has 1 aromatic heterocycles. The lowest BCUT2D eigenvalue weighted by molar-refractivity contribution is 0.0860. The van der Waals surface area contributed by atoms with E-state index < -0.39 is 0 Å². The van der Waals surface area contributed by atoms with Gasteiger partial charge >= 0.3 is 6.09 Å². The number of hydrogen-bond acceptors (Lipinski definition) is 5. The third kappa shape index (κ3) is 5.18. The zero-order valence-electron chi connectivity index (χ0n) is 15.7. The predicted molar refractivity (Wildman–Crippen MR) is 103 cm³/mol. The van der Waals surface area contributed by atoms with E-state index in [0.717, 1.165) is 0 Å². The van der Waals surface area contributed by atoms with Crippen LogP contribution in [0.4, 0.5) is 20.6 Å². The quantitative estimate of drug-likeness (QED) is 0.824. The summed E-state index contributed by atoms with van der Waals surface area (Å²) < 4.78 is 18.0. The van der Waals surface area contributed by atoms with E-state index in [1.54, 1.807) is 36.2 Å². The molecule has 0 bridgehead atoms. The first-order chi connectivity index (χ1) is 13.5. The Labute approximate surface area is 162 Å². The van der Waals surface area contributed by atoms with Crippen molar-refractivity contribution >= 4 is 23.4 Å². The Hall–Kier alpha value is -3.16. The molecule has 1 aliphatic heterocycles. The molecule has 0 aliphatic carbocycles. The summed E-state index contributed by atoms with van der Waals surface area (Å²) in [6.45, 7) is 3.23. The average molecular weight is 386 g/mol. The van der Waals surface area contributed by atoms with E-state index in [4.69, 9.17) is 4.74 Å². The number of benzene rings is 1. The van der Waals surface area contributed by atoms with Crippen LogP contribution in [0.5, 0.6) is 0 Å². The number of likely N-dealkylation sites (tertiary alicyclic amines) is 1. The third-order valence-corrected chi connectivity index (χ3v) is 4.49. The Morgan fingerprint density at radius 3 is 2.57 bits per heavy atom.